The molecule has 0 aromatic rings. The van der Waals surface area contributed by atoms with Crippen molar-refractivity contribution < 1.29 is 33.3 Å². The first-order valence-electron chi connectivity index (χ1n) is 15.6. The molecule has 7 heteroatoms. The van der Waals surface area contributed by atoms with Crippen molar-refractivity contribution in [2.75, 3.05) is 20.3 Å². The maximum Gasteiger partial charge on any atom is 0.305 e. The number of methoxy groups -OCH3 is 1. The van der Waals surface area contributed by atoms with Crippen molar-refractivity contribution in [3.05, 3.63) is 24.3 Å². The van der Waals surface area contributed by atoms with E-state index in [2.05, 4.69) is 31.2 Å². The van der Waals surface area contributed by atoms with Crippen LogP contribution in [-0.4, -0.2) is 56.9 Å². The second-order valence-corrected chi connectivity index (χ2v) is 11.2. The van der Waals surface area contributed by atoms with E-state index in [0.717, 1.165) is 83.8 Å². The van der Waals surface area contributed by atoms with Crippen LogP contribution in [0.2, 0.25) is 0 Å². The zero-order valence-electron chi connectivity index (χ0n) is 24.4. The number of hydrogen-bond acceptors (Lipinski definition) is 7. The van der Waals surface area contributed by atoms with E-state index < -0.39 is 0 Å². The van der Waals surface area contributed by atoms with Crippen molar-refractivity contribution in [3.63, 3.8) is 0 Å². The van der Waals surface area contributed by atoms with E-state index in [9.17, 15) is 9.59 Å². The van der Waals surface area contributed by atoms with Crippen LogP contribution in [0.4, 0.5) is 0 Å². The van der Waals surface area contributed by atoms with Gasteiger partial charge in [-0.2, -0.15) is 0 Å². The molecule has 7 nitrogen and oxygen atoms in total. The molecule has 2 heterocycles. The van der Waals surface area contributed by atoms with E-state index in [0.29, 0.717) is 19.3 Å². The lowest BCUT2D eigenvalue weighted by Crippen LogP contribution is -2.31. The summed E-state index contributed by atoms with van der Waals surface area (Å²) in [4.78, 5) is 24.5. The smallest absolute Gasteiger partial charge is 0.305 e. The Hall–Kier alpha value is -1.54. The summed E-state index contributed by atoms with van der Waals surface area (Å²) in [5, 5.41) is 0. The second-order valence-electron chi connectivity index (χ2n) is 11.2. The predicted octanol–water partition coefficient (Wildman–Crippen LogP) is 6.83. The monoisotopic (exact) mass is 548 g/mol. The summed E-state index contributed by atoms with van der Waals surface area (Å²) in [6.45, 7) is 3.73. The molecule has 0 N–H and O–H groups in total. The molecule has 39 heavy (non-hydrogen) atoms. The highest BCUT2D eigenvalue weighted by molar-refractivity contribution is 5.84. The number of ether oxygens (including phenoxy) is 5. The van der Waals surface area contributed by atoms with E-state index in [1.165, 1.54) is 20.0 Å². The van der Waals surface area contributed by atoms with E-state index in [1.54, 1.807) is 0 Å². The van der Waals surface area contributed by atoms with Crippen molar-refractivity contribution in [1.82, 2.24) is 0 Å². The van der Waals surface area contributed by atoms with Crippen LogP contribution in [0.1, 0.15) is 110 Å². The molecular formula is C32H52O7. The van der Waals surface area contributed by atoms with E-state index >= 15 is 0 Å². The summed E-state index contributed by atoms with van der Waals surface area (Å²) < 4.78 is 29.2. The first-order chi connectivity index (χ1) is 19.1. The minimum atomic E-state index is -0.204. The lowest BCUT2D eigenvalue weighted by atomic mass is 9.88. The van der Waals surface area contributed by atoms with E-state index in [4.69, 9.17) is 23.7 Å². The molecule has 3 aliphatic rings. The summed E-state index contributed by atoms with van der Waals surface area (Å²) in [6.07, 6.45) is 22.9. The fourth-order valence-electron chi connectivity index (χ4n) is 5.82. The van der Waals surface area contributed by atoms with Crippen LogP contribution >= 0.6 is 0 Å². The van der Waals surface area contributed by atoms with Gasteiger partial charge < -0.3 is 23.7 Å². The van der Waals surface area contributed by atoms with Gasteiger partial charge in [0, 0.05) is 32.0 Å². The molecule has 222 valence electrons. The molecule has 0 radical (unpaired) electrons. The van der Waals surface area contributed by atoms with Crippen molar-refractivity contribution in [2.24, 2.45) is 11.8 Å². The van der Waals surface area contributed by atoms with Crippen molar-refractivity contribution >= 4 is 11.8 Å². The van der Waals surface area contributed by atoms with Gasteiger partial charge in [0.05, 0.1) is 19.3 Å². The van der Waals surface area contributed by atoms with Crippen LogP contribution in [0.25, 0.3) is 0 Å². The topological polar surface area (TPSA) is 80.3 Å². The third kappa shape index (κ3) is 11.8. The Bertz CT molecular complexity index is 752. The Morgan fingerprint density at radius 1 is 0.974 bits per heavy atom. The number of unbranched alkanes of at least 4 members (excludes halogenated alkanes) is 3. The van der Waals surface area contributed by atoms with Gasteiger partial charge >= 0.3 is 5.97 Å². The summed E-state index contributed by atoms with van der Waals surface area (Å²) in [6, 6.07) is 0. The number of hydrogen-bond donors (Lipinski definition) is 0. The highest BCUT2D eigenvalue weighted by Gasteiger charge is 2.43. The molecule has 3 fully saturated rings. The molecular weight excluding hydrogens is 496 g/mol. The van der Waals surface area contributed by atoms with Gasteiger partial charge in [-0.15, -0.1) is 0 Å². The van der Waals surface area contributed by atoms with Crippen LogP contribution in [0, 0.1) is 11.8 Å². The number of ketones is 1. The van der Waals surface area contributed by atoms with E-state index in [1.807, 2.05) is 0 Å². The molecule has 0 aromatic heterocycles. The molecule has 0 aromatic carbocycles. The van der Waals surface area contributed by atoms with Gasteiger partial charge in [0.25, 0.3) is 0 Å². The Morgan fingerprint density at radius 2 is 1.74 bits per heavy atom. The van der Waals surface area contributed by atoms with Crippen LogP contribution in [0.5, 0.6) is 0 Å². The minimum Gasteiger partial charge on any atom is -0.469 e. The molecule has 6 atom stereocenters. The minimum absolute atomic E-state index is 0.0333. The van der Waals surface area contributed by atoms with Crippen molar-refractivity contribution in [1.29, 1.82) is 0 Å². The molecule has 1 saturated carbocycles. The number of Topliss-reactive ketones (excluding diaryl/α,β-unsaturated/α-hetero) is 1. The second kappa shape index (κ2) is 18.7. The normalized spacial score (nSPS) is 28.9. The third-order valence-corrected chi connectivity index (χ3v) is 8.13. The van der Waals surface area contributed by atoms with Crippen LogP contribution < -0.4 is 0 Å². The molecule has 3 rings (SSSR count). The number of rotatable bonds is 17. The molecule has 1 aliphatic carbocycles. The highest BCUT2D eigenvalue weighted by atomic mass is 16.7. The van der Waals surface area contributed by atoms with Gasteiger partial charge in [0.15, 0.2) is 12.6 Å². The van der Waals surface area contributed by atoms with Crippen LogP contribution in [-0.2, 0) is 33.3 Å². The van der Waals surface area contributed by atoms with Crippen LogP contribution in [0.15, 0.2) is 24.3 Å². The van der Waals surface area contributed by atoms with Gasteiger partial charge in [-0.25, -0.2) is 0 Å². The quantitative estimate of drug-likeness (QED) is 0.112. The molecule has 2 saturated heterocycles. The number of carbonyl (C=O) groups excluding carboxylic acids is 2. The average molecular weight is 549 g/mol. The highest BCUT2D eigenvalue weighted by Crippen LogP contribution is 2.38. The maximum atomic E-state index is 13.1. The van der Waals surface area contributed by atoms with Gasteiger partial charge in [0.2, 0.25) is 0 Å². The number of carbonyl (C=O) groups is 2. The molecule has 0 amide bonds. The molecule has 3 unspecified atom stereocenters. The summed E-state index contributed by atoms with van der Waals surface area (Å²) in [7, 11) is 1.42. The standard InChI is InChI=1S/C32H52O7/c1-3-4-7-15-25(38-31-20-10-12-22-36-31)16-14-18-27-26(17-8-5-6-9-19-30(34)35-2)28(33)24-29(27)39-32-21-11-13-23-37-32/h5,8,14,16,25-27,29,31-32H,3-4,6-7,9-13,15,17-24H2,1-2H3/b8-5-,16-14+/t25?,26-,27-,29-,31?,32?/m1/s1. The Labute approximate surface area is 236 Å². The van der Waals surface area contributed by atoms with Gasteiger partial charge in [0.1, 0.15) is 5.78 Å². The predicted molar refractivity (Wildman–Crippen MR) is 151 cm³/mol. The Balaban J connectivity index is 1.61. The van der Waals surface area contributed by atoms with Gasteiger partial charge in [-0.05, 0) is 76.5 Å². The lowest BCUT2D eigenvalue weighted by molar-refractivity contribution is -0.195. The van der Waals surface area contributed by atoms with Crippen molar-refractivity contribution in [3.8, 4) is 0 Å². The van der Waals surface area contributed by atoms with Gasteiger partial charge in [-0.3, -0.25) is 9.59 Å². The Kier molecular flexibility index (Phi) is 15.4. The van der Waals surface area contributed by atoms with Crippen LogP contribution in [0.3, 0.4) is 0 Å². The number of allylic oxidation sites excluding steroid dienone is 3. The molecule has 0 spiro atoms. The first-order valence-corrected chi connectivity index (χ1v) is 15.6. The summed E-state index contributed by atoms with van der Waals surface area (Å²) >= 11 is 0. The number of esters is 1. The average Bonchev–Trinajstić information content (AvgIpc) is 3.24. The lowest BCUT2D eigenvalue weighted by Gasteiger charge is -2.29. The van der Waals surface area contributed by atoms with E-state index in [-0.39, 0.29) is 48.4 Å². The SMILES string of the molecule is CCCCCC(/C=C/C[C@H]1[C@H](OC2CCCCO2)CC(=O)[C@@H]1C/C=C\CCCC(=O)OC)OC1CCCCO1. The zero-order chi connectivity index (χ0) is 27.7. The third-order valence-electron chi connectivity index (χ3n) is 8.13. The Morgan fingerprint density at radius 3 is 2.44 bits per heavy atom. The molecule has 0 bridgehead atoms. The largest absolute Gasteiger partial charge is 0.469 e. The zero-order valence-corrected chi connectivity index (χ0v) is 24.4. The summed E-state index contributed by atoms with van der Waals surface area (Å²) in [5.41, 5.74) is 0. The van der Waals surface area contributed by atoms with Gasteiger partial charge in [-0.1, -0.05) is 50.5 Å². The van der Waals surface area contributed by atoms with Crippen molar-refractivity contribution in [2.45, 2.75) is 134 Å². The summed E-state index contributed by atoms with van der Waals surface area (Å²) in [5.74, 6) is 0.139. The fourth-order valence-corrected chi connectivity index (χ4v) is 5.82. The first kappa shape index (κ1) is 32.0. The maximum absolute atomic E-state index is 13.1. The molecule has 2 aliphatic heterocycles. The fraction of sp³-hybridized carbons (Fsp3) is 0.812.